The molecule has 0 aliphatic rings. The maximum atomic E-state index is 12.2. The van der Waals surface area contributed by atoms with E-state index < -0.39 is 0 Å². The molecule has 152 valence electrons. The molecular weight excluding hydrogens is 376 g/mol. The number of hydrogen-bond acceptors (Lipinski definition) is 4. The predicted molar refractivity (Wildman–Crippen MR) is 117 cm³/mol. The first-order chi connectivity index (χ1) is 14.7. The second-order valence-corrected chi connectivity index (χ2v) is 6.69. The highest BCUT2D eigenvalue weighted by atomic mass is 16.5. The number of nitrogens with one attached hydrogen (secondary N) is 1. The highest BCUT2D eigenvalue weighted by Crippen LogP contribution is 2.28. The minimum absolute atomic E-state index is 0.00189. The fourth-order valence-electron chi connectivity index (χ4n) is 3.00. The van der Waals surface area contributed by atoms with E-state index in [4.69, 9.17) is 15.9 Å². The number of amides is 1. The summed E-state index contributed by atoms with van der Waals surface area (Å²) in [5.41, 5.74) is 4.21. The number of aromatic nitrogens is 1. The third-order valence-electron chi connectivity index (χ3n) is 4.62. The molecule has 1 N–H and O–H groups in total. The van der Waals surface area contributed by atoms with Crippen molar-refractivity contribution in [2.45, 2.75) is 19.4 Å². The van der Waals surface area contributed by atoms with Crippen LogP contribution in [0.25, 0.3) is 11.1 Å². The third kappa shape index (κ3) is 5.86. The summed E-state index contributed by atoms with van der Waals surface area (Å²) in [4.78, 5) is 16.4. The van der Waals surface area contributed by atoms with Gasteiger partial charge in [-0.2, -0.15) is 0 Å². The Morgan fingerprint density at radius 2 is 1.87 bits per heavy atom. The number of nitrogens with zero attached hydrogens (tertiary/aromatic N) is 1. The Balaban J connectivity index is 1.48. The second kappa shape index (κ2) is 10.7. The third-order valence-corrected chi connectivity index (χ3v) is 4.62. The summed E-state index contributed by atoms with van der Waals surface area (Å²) in [6.07, 6.45) is 9.81. The Labute approximate surface area is 177 Å². The lowest BCUT2D eigenvalue weighted by Gasteiger charge is -2.11. The van der Waals surface area contributed by atoms with Crippen LogP contribution in [-0.2, 0) is 17.8 Å². The van der Waals surface area contributed by atoms with Crippen molar-refractivity contribution < 1.29 is 14.3 Å². The van der Waals surface area contributed by atoms with E-state index >= 15 is 0 Å². The Hall–Kier alpha value is -3.78. The molecule has 0 radical (unpaired) electrons. The monoisotopic (exact) mass is 400 g/mol. The zero-order valence-corrected chi connectivity index (χ0v) is 16.9. The zero-order chi connectivity index (χ0) is 21.2. The first kappa shape index (κ1) is 20.9. The van der Waals surface area contributed by atoms with E-state index in [0.717, 1.165) is 22.3 Å². The molecule has 0 atom stereocenters. The average Bonchev–Trinajstić information content (AvgIpc) is 2.81. The topological polar surface area (TPSA) is 60.5 Å². The molecule has 1 aromatic heterocycles. The smallest absolute Gasteiger partial charge is 0.220 e. The van der Waals surface area contributed by atoms with Crippen LogP contribution in [0.4, 0.5) is 0 Å². The van der Waals surface area contributed by atoms with Crippen LogP contribution in [0, 0.1) is 12.3 Å². The quantitative estimate of drug-likeness (QED) is 0.551. The molecule has 0 aliphatic heterocycles. The van der Waals surface area contributed by atoms with Crippen molar-refractivity contribution in [2.75, 3.05) is 13.7 Å². The number of carbonyl (C=O) groups is 1. The molecule has 0 aliphatic carbocycles. The van der Waals surface area contributed by atoms with Crippen LogP contribution in [0.3, 0.4) is 0 Å². The number of terminal acetylenes is 1. The molecule has 0 spiro atoms. The number of pyridine rings is 1. The van der Waals surface area contributed by atoms with Crippen molar-refractivity contribution in [2.24, 2.45) is 0 Å². The molecule has 0 saturated carbocycles. The number of ether oxygens (including phenoxy) is 2. The summed E-state index contributed by atoms with van der Waals surface area (Å²) in [5, 5.41) is 2.97. The van der Waals surface area contributed by atoms with Crippen LogP contribution in [0.15, 0.2) is 67.0 Å². The average molecular weight is 400 g/mol. The van der Waals surface area contributed by atoms with Gasteiger partial charge in [0.2, 0.25) is 5.91 Å². The van der Waals surface area contributed by atoms with Crippen LogP contribution in [0.5, 0.6) is 11.5 Å². The summed E-state index contributed by atoms with van der Waals surface area (Å²) in [7, 11) is 1.58. The number of aryl methyl sites for hydroxylation is 1. The van der Waals surface area contributed by atoms with Crippen molar-refractivity contribution in [1.82, 2.24) is 10.3 Å². The maximum absolute atomic E-state index is 12.2. The lowest BCUT2D eigenvalue weighted by Crippen LogP contribution is -2.22. The summed E-state index contributed by atoms with van der Waals surface area (Å²) < 4.78 is 10.8. The van der Waals surface area contributed by atoms with Crippen molar-refractivity contribution in [3.63, 3.8) is 0 Å². The summed E-state index contributed by atoms with van der Waals surface area (Å²) in [5.74, 6) is 3.63. The van der Waals surface area contributed by atoms with Gasteiger partial charge >= 0.3 is 0 Å². The number of methoxy groups -OCH3 is 1. The maximum Gasteiger partial charge on any atom is 0.220 e. The van der Waals surface area contributed by atoms with E-state index in [1.54, 1.807) is 13.3 Å². The Morgan fingerprint density at radius 1 is 1.07 bits per heavy atom. The van der Waals surface area contributed by atoms with Gasteiger partial charge in [0.1, 0.15) is 6.61 Å². The van der Waals surface area contributed by atoms with E-state index in [2.05, 4.69) is 16.2 Å². The highest BCUT2D eigenvalue weighted by Gasteiger charge is 2.08. The number of hydrogen-bond donors (Lipinski definition) is 1. The molecule has 0 unspecified atom stereocenters. The molecule has 3 rings (SSSR count). The molecule has 0 bridgehead atoms. The molecule has 5 heteroatoms. The van der Waals surface area contributed by atoms with E-state index in [9.17, 15) is 4.79 Å². The zero-order valence-electron chi connectivity index (χ0n) is 16.9. The van der Waals surface area contributed by atoms with Crippen LogP contribution in [0.2, 0.25) is 0 Å². The summed E-state index contributed by atoms with van der Waals surface area (Å²) in [6, 6.07) is 17.6. The molecule has 3 aromatic rings. The Bertz CT molecular complexity index is 1010. The molecular formula is C25H24N2O3. The number of benzene rings is 2. The molecule has 1 amide bonds. The normalized spacial score (nSPS) is 10.1. The molecule has 1 heterocycles. The molecule has 0 saturated heterocycles. The van der Waals surface area contributed by atoms with Gasteiger partial charge in [-0.15, -0.1) is 6.42 Å². The Kier molecular flexibility index (Phi) is 7.45. The van der Waals surface area contributed by atoms with Crippen molar-refractivity contribution in [3.8, 4) is 35.0 Å². The molecule has 5 nitrogen and oxygen atoms in total. The lowest BCUT2D eigenvalue weighted by atomic mass is 10.1. The van der Waals surface area contributed by atoms with E-state index in [1.807, 2.05) is 60.8 Å². The van der Waals surface area contributed by atoms with Gasteiger partial charge in [-0.1, -0.05) is 42.3 Å². The van der Waals surface area contributed by atoms with Crippen LogP contribution in [0.1, 0.15) is 17.5 Å². The molecule has 30 heavy (non-hydrogen) atoms. The van der Waals surface area contributed by atoms with Crippen LogP contribution >= 0.6 is 0 Å². The number of carbonyl (C=O) groups excluding carboxylic acids is 1. The predicted octanol–water partition coefficient (Wildman–Crippen LogP) is 4.02. The van der Waals surface area contributed by atoms with Gasteiger partial charge < -0.3 is 14.8 Å². The van der Waals surface area contributed by atoms with Crippen LogP contribution in [-0.4, -0.2) is 24.6 Å². The second-order valence-electron chi connectivity index (χ2n) is 6.69. The van der Waals surface area contributed by atoms with Crippen molar-refractivity contribution in [3.05, 3.63) is 78.1 Å². The summed E-state index contributed by atoms with van der Waals surface area (Å²) in [6.45, 7) is 0.676. The van der Waals surface area contributed by atoms with Crippen molar-refractivity contribution in [1.29, 1.82) is 0 Å². The number of rotatable bonds is 9. The summed E-state index contributed by atoms with van der Waals surface area (Å²) >= 11 is 0. The largest absolute Gasteiger partial charge is 0.493 e. The van der Waals surface area contributed by atoms with Gasteiger partial charge in [-0.05, 0) is 46.9 Å². The van der Waals surface area contributed by atoms with E-state index in [1.165, 1.54) is 0 Å². The van der Waals surface area contributed by atoms with Crippen LogP contribution < -0.4 is 14.8 Å². The van der Waals surface area contributed by atoms with Gasteiger partial charge in [0.15, 0.2) is 11.5 Å². The van der Waals surface area contributed by atoms with Crippen molar-refractivity contribution >= 4 is 5.91 Å². The van der Waals surface area contributed by atoms with Gasteiger partial charge in [0, 0.05) is 25.4 Å². The first-order valence-corrected chi connectivity index (χ1v) is 9.69. The Morgan fingerprint density at radius 3 is 2.57 bits per heavy atom. The van der Waals surface area contributed by atoms with E-state index in [-0.39, 0.29) is 12.5 Å². The first-order valence-electron chi connectivity index (χ1n) is 9.69. The van der Waals surface area contributed by atoms with Gasteiger partial charge in [0.05, 0.1) is 7.11 Å². The minimum atomic E-state index is -0.00189. The van der Waals surface area contributed by atoms with E-state index in [0.29, 0.717) is 30.9 Å². The van der Waals surface area contributed by atoms with Gasteiger partial charge in [-0.25, -0.2) is 0 Å². The SMILES string of the molecule is C#CCOc1ccc(CCC(=O)NCc2ccc(-c3cccnc3)cc2)cc1OC. The fourth-order valence-corrected chi connectivity index (χ4v) is 3.00. The van der Waals surface area contributed by atoms with Gasteiger partial charge in [-0.3, -0.25) is 9.78 Å². The standard InChI is InChI=1S/C25H24N2O3/c1-3-15-30-23-12-8-19(16-24(23)29-2)9-13-25(28)27-17-20-6-10-21(11-7-20)22-5-4-14-26-18-22/h1,4-8,10-12,14,16,18H,9,13,15,17H2,2H3,(H,27,28). The minimum Gasteiger partial charge on any atom is -0.493 e. The lowest BCUT2D eigenvalue weighted by molar-refractivity contribution is -0.121. The molecule has 2 aromatic carbocycles. The van der Waals surface area contributed by atoms with Gasteiger partial charge in [0.25, 0.3) is 0 Å². The highest BCUT2D eigenvalue weighted by molar-refractivity contribution is 5.76. The fraction of sp³-hybridized carbons (Fsp3) is 0.200. The molecule has 0 fully saturated rings.